The predicted molar refractivity (Wildman–Crippen MR) is 33.6 cm³/mol. The second-order valence-electron chi connectivity index (χ2n) is 1.94. The third kappa shape index (κ3) is 1.51. The highest BCUT2D eigenvalue weighted by molar-refractivity contribution is 5.51. The second kappa shape index (κ2) is 2.65. The van der Waals surface area contributed by atoms with Crippen LogP contribution in [0, 0.1) is 0 Å². The van der Waals surface area contributed by atoms with Crippen LogP contribution in [0.3, 0.4) is 0 Å². The second-order valence-corrected chi connectivity index (χ2v) is 1.94. The Morgan fingerprint density at radius 1 is 1.27 bits per heavy atom. The number of nitrogens with zero attached hydrogens (tertiary/aromatic N) is 1. The van der Waals surface area contributed by atoms with E-state index in [1.165, 1.54) is 6.07 Å². The van der Waals surface area contributed by atoms with Gasteiger partial charge in [0.2, 0.25) is 0 Å². The number of hydrogen-bond donors (Lipinski definition) is 3. The fourth-order valence-corrected chi connectivity index (χ4v) is 0.630. The van der Waals surface area contributed by atoms with E-state index in [9.17, 15) is 5.11 Å². The van der Waals surface area contributed by atoms with Gasteiger partial charge in [-0.15, -0.1) is 5.23 Å². The molecule has 3 N–H and O–H groups in total. The molecule has 1 aromatic rings. The van der Waals surface area contributed by atoms with Gasteiger partial charge in [-0.2, -0.15) is 0 Å². The van der Waals surface area contributed by atoms with E-state index in [1.54, 1.807) is 0 Å². The fraction of sp³-hybridized carbons (Fsp3) is 0. The summed E-state index contributed by atoms with van der Waals surface area (Å²) in [5.74, 6) is -1.08. The van der Waals surface area contributed by atoms with Crippen molar-refractivity contribution in [1.29, 1.82) is 0 Å². The summed E-state index contributed by atoms with van der Waals surface area (Å²) in [6, 6.07) is 3.15. The van der Waals surface area contributed by atoms with Crippen LogP contribution in [0.2, 0.25) is 0 Å². The Kier molecular flexibility index (Phi) is 1.84. The Balaban J connectivity index is 3.05. The summed E-state index contributed by atoms with van der Waals surface area (Å²) < 4.78 is 0. The van der Waals surface area contributed by atoms with Gasteiger partial charge in [-0.25, -0.2) is 0 Å². The standard InChI is InChI=1S/C6H7NO4/c8-5-2-1-4(7(10)11)3-6(5)9/h1-3,8-11H/p-1. The summed E-state index contributed by atoms with van der Waals surface area (Å²) in [5, 5.41) is 36.0. The Morgan fingerprint density at radius 2 is 1.91 bits per heavy atom. The molecular weight excluding hydrogens is 150 g/mol. The maximum atomic E-state index is 10.6. The molecule has 0 radical (unpaired) electrons. The van der Waals surface area contributed by atoms with Gasteiger partial charge >= 0.3 is 0 Å². The van der Waals surface area contributed by atoms with Crippen LogP contribution in [-0.4, -0.2) is 15.5 Å². The number of aromatic hydroxyl groups is 1. The summed E-state index contributed by atoms with van der Waals surface area (Å²) in [7, 11) is 0. The van der Waals surface area contributed by atoms with Crippen molar-refractivity contribution in [3.05, 3.63) is 18.2 Å². The fourth-order valence-electron chi connectivity index (χ4n) is 0.630. The topological polar surface area (TPSA) is 87.0 Å². The van der Waals surface area contributed by atoms with E-state index in [0.29, 0.717) is 0 Å². The highest BCUT2D eigenvalue weighted by atomic mass is 16.8. The van der Waals surface area contributed by atoms with Gasteiger partial charge in [0, 0.05) is 6.07 Å². The number of rotatable bonds is 1. The van der Waals surface area contributed by atoms with E-state index in [1.807, 2.05) is 0 Å². The van der Waals surface area contributed by atoms with Crippen molar-refractivity contribution in [3.8, 4) is 11.5 Å². The first-order valence-corrected chi connectivity index (χ1v) is 2.79. The van der Waals surface area contributed by atoms with Crippen LogP contribution in [0.1, 0.15) is 0 Å². The molecule has 0 aromatic heterocycles. The minimum Gasteiger partial charge on any atom is -0.870 e. The van der Waals surface area contributed by atoms with Gasteiger partial charge in [0.25, 0.3) is 0 Å². The Labute approximate surface area is 62.3 Å². The monoisotopic (exact) mass is 156 g/mol. The molecule has 1 aromatic carbocycles. The van der Waals surface area contributed by atoms with Gasteiger partial charge in [0.15, 0.2) is 0 Å². The van der Waals surface area contributed by atoms with Gasteiger partial charge in [-0.05, 0) is 6.07 Å². The molecule has 0 aliphatic rings. The largest absolute Gasteiger partial charge is 0.870 e. The number of benzene rings is 1. The summed E-state index contributed by atoms with van der Waals surface area (Å²) in [6.45, 7) is 0. The number of phenols is 1. The predicted octanol–water partition coefficient (Wildman–Crippen LogP) is 0.0506. The van der Waals surface area contributed by atoms with Crippen LogP contribution in [-0.2, 0) is 0 Å². The lowest BCUT2D eigenvalue weighted by Crippen LogP contribution is -2.10. The molecule has 1 rings (SSSR count). The molecule has 5 heteroatoms. The number of hydrogen-bond acceptors (Lipinski definition) is 5. The third-order valence-electron chi connectivity index (χ3n) is 1.17. The summed E-state index contributed by atoms with van der Waals surface area (Å²) in [4.78, 5) is 0. The molecule has 11 heavy (non-hydrogen) atoms. The molecule has 0 fully saturated rings. The van der Waals surface area contributed by atoms with Gasteiger partial charge in [-0.1, -0.05) is 11.8 Å². The van der Waals surface area contributed by atoms with E-state index in [4.69, 9.17) is 15.5 Å². The summed E-state index contributed by atoms with van der Waals surface area (Å²) >= 11 is 0. The van der Waals surface area contributed by atoms with Crippen LogP contribution in [0.4, 0.5) is 5.69 Å². The maximum absolute atomic E-state index is 10.6. The van der Waals surface area contributed by atoms with Crippen molar-refractivity contribution >= 4 is 5.69 Å². The van der Waals surface area contributed by atoms with E-state index in [2.05, 4.69) is 0 Å². The average Bonchev–Trinajstić information content (AvgIpc) is 1.94. The smallest absolute Gasteiger partial charge is 0.110 e. The minimum atomic E-state index is -0.560. The molecule has 0 saturated carbocycles. The van der Waals surface area contributed by atoms with Crippen molar-refractivity contribution in [3.63, 3.8) is 0 Å². The Morgan fingerprint density at radius 3 is 2.36 bits per heavy atom. The lowest BCUT2D eigenvalue weighted by atomic mass is 10.3. The highest BCUT2D eigenvalue weighted by Gasteiger charge is 1.99. The normalized spacial score (nSPS) is 9.64. The van der Waals surface area contributed by atoms with E-state index in [-0.39, 0.29) is 10.9 Å². The molecule has 0 aliphatic carbocycles. The third-order valence-corrected chi connectivity index (χ3v) is 1.17. The lowest BCUT2D eigenvalue weighted by Gasteiger charge is -2.12. The van der Waals surface area contributed by atoms with Crippen LogP contribution in [0.15, 0.2) is 18.2 Å². The highest BCUT2D eigenvalue weighted by Crippen LogP contribution is 2.25. The summed E-state index contributed by atoms with van der Waals surface area (Å²) in [5.41, 5.74) is -0.0675. The van der Waals surface area contributed by atoms with Gasteiger partial charge in [0.1, 0.15) is 5.75 Å². The molecular formula is C6H6NO4-. The van der Waals surface area contributed by atoms with Gasteiger partial charge < -0.3 is 10.2 Å². The molecule has 0 atom stereocenters. The molecule has 60 valence electrons. The van der Waals surface area contributed by atoms with E-state index < -0.39 is 11.5 Å². The van der Waals surface area contributed by atoms with Crippen molar-refractivity contribution in [2.24, 2.45) is 0 Å². The quantitative estimate of drug-likeness (QED) is 0.500. The van der Waals surface area contributed by atoms with Crippen LogP contribution in [0.5, 0.6) is 11.5 Å². The first-order valence-electron chi connectivity index (χ1n) is 2.79. The Bertz CT molecular complexity index is 261. The molecule has 0 bridgehead atoms. The Hall–Kier alpha value is -1.46. The van der Waals surface area contributed by atoms with Crippen molar-refractivity contribution in [2.45, 2.75) is 0 Å². The molecule has 5 nitrogen and oxygen atoms in total. The SMILES string of the molecule is [O-]c1ccc(N(O)O)cc1O. The van der Waals surface area contributed by atoms with E-state index >= 15 is 0 Å². The van der Waals surface area contributed by atoms with Gasteiger partial charge in [-0.3, -0.25) is 10.4 Å². The van der Waals surface area contributed by atoms with E-state index in [0.717, 1.165) is 12.1 Å². The zero-order valence-corrected chi connectivity index (χ0v) is 5.43. The van der Waals surface area contributed by atoms with Crippen LogP contribution >= 0.6 is 0 Å². The van der Waals surface area contributed by atoms with Crippen molar-refractivity contribution in [2.75, 3.05) is 5.23 Å². The number of phenolic OH excluding ortho intramolecular Hbond substituents is 1. The lowest BCUT2D eigenvalue weighted by molar-refractivity contribution is -0.270. The zero-order valence-electron chi connectivity index (χ0n) is 5.43. The molecule has 0 aliphatic heterocycles. The molecule has 0 saturated heterocycles. The average molecular weight is 156 g/mol. The van der Waals surface area contributed by atoms with Crippen LogP contribution in [0.25, 0.3) is 0 Å². The van der Waals surface area contributed by atoms with Gasteiger partial charge in [0.05, 0.1) is 5.69 Å². The first-order chi connectivity index (χ1) is 5.11. The van der Waals surface area contributed by atoms with Crippen molar-refractivity contribution in [1.82, 2.24) is 0 Å². The minimum absolute atomic E-state index is 0.0675. The number of anilines is 1. The zero-order chi connectivity index (χ0) is 8.43. The first kappa shape index (κ1) is 7.64. The molecule has 0 unspecified atom stereocenters. The van der Waals surface area contributed by atoms with Crippen LogP contribution < -0.4 is 10.3 Å². The maximum Gasteiger partial charge on any atom is 0.110 e. The molecule has 0 heterocycles. The molecule has 0 spiro atoms. The molecule has 0 amide bonds. The summed E-state index contributed by atoms with van der Waals surface area (Å²) in [6.07, 6.45) is 0. The van der Waals surface area contributed by atoms with Crippen molar-refractivity contribution < 1.29 is 20.6 Å².